The highest BCUT2D eigenvalue weighted by Crippen LogP contribution is 2.10. The van der Waals surface area contributed by atoms with Gasteiger partial charge in [-0.3, -0.25) is 38.6 Å². The molecule has 1 saturated heterocycles. The molecule has 6 amide bonds. The number of carbonyl (C=O) groups excluding carboxylic acids is 6. The fourth-order valence-electron chi connectivity index (χ4n) is 4.99. The fourth-order valence-corrected chi connectivity index (χ4v) is 4.99. The van der Waals surface area contributed by atoms with Gasteiger partial charge in [-0.25, -0.2) is 0 Å². The summed E-state index contributed by atoms with van der Waals surface area (Å²) in [6, 6.07) is -6.27. The molecule has 0 unspecified atom stereocenters. The van der Waals surface area contributed by atoms with Crippen molar-refractivity contribution in [2.75, 3.05) is 26.2 Å². The monoisotopic (exact) mass is 697 g/mol. The Balaban J connectivity index is 3.56. The van der Waals surface area contributed by atoms with Gasteiger partial charge in [-0.2, -0.15) is 0 Å². The minimum Gasteiger partial charge on any atom is -0.481 e. The summed E-state index contributed by atoms with van der Waals surface area (Å²) in [5, 5.41) is 24.9. The maximum absolute atomic E-state index is 13.6. The smallest absolute Gasteiger partial charge is 0.305 e. The maximum atomic E-state index is 13.6. The van der Waals surface area contributed by atoms with Crippen LogP contribution in [0.1, 0.15) is 78.1 Å². The highest BCUT2D eigenvalue weighted by atomic mass is 16.4. The number of amides is 6. The van der Waals surface area contributed by atoms with Crippen molar-refractivity contribution in [1.29, 1.82) is 0 Å². The number of carboxylic acids is 1. The van der Waals surface area contributed by atoms with E-state index < -0.39 is 78.0 Å². The minimum atomic E-state index is -1.62. The Labute approximate surface area is 286 Å². The normalized spacial score (nSPS) is 23.4. The van der Waals surface area contributed by atoms with Gasteiger partial charge in [0.2, 0.25) is 35.4 Å². The number of guanidine groups is 1. The number of rotatable bonds is 15. The van der Waals surface area contributed by atoms with E-state index >= 15 is 0 Å². The van der Waals surface area contributed by atoms with Gasteiger partial charge >= 0.3 is 5.97 Å². The molecule has 278 valence electrons. The van der Waals surface area contributed by atoms with E-state index in [-0.39, 0.29) is 76.5 Å². The first-order valence-corrected chi connectivity index (χ1v) is 16.6. The topological polar surface area (TPSA) is 328 Å². The molecule has 0 aromatic heterocycles. The van der Waals surface area contributed by atoms with Crippen LogP contribution in [0, 0.1) is 5.92 Å². The van der Waals surface area contributed by atoms with Crippen LogP contribution in [-0.4, -0.2) is 109 Å². The molecule has 0 saturated carbocycles. The van der Waals surface area contributed by atoms with Gasteiger partial charge in [0, 0.05) is 19.5 Å². The van der Waals surface area contributed by atoms with Gasteiger partial charge in [0.25, 0.3) is 0 Å². The number of hydrogen-bond donors (Lipinski definition) is 11. The van der Waals surface area contributed by atoms with Crippen LogP contribution in [0.2, 0.25) is 0 Å². The molecule has 1 aliphatic heterocycles. The van der Waals surface area contributed by atoms with Gasteiger partial charge in [-0.05, 0) is 70.4 Å². The second-order valence-electron chi connectivity index (χ2n) is 12.3. The van der Waals surface area contributed by atoms with Gasteiger partial charge in [0.05, 0.1) is 6.42 Å². The van der Waals surface area contributed by atoms with E-state index in [4.69, 9.17) is 22.9 Å². The number of carboxylic acid groups (broad SMARTS) is 1. The lowest BCUT2D eigenvalue weighted by Crippen LogP contribution is -2.59. The number of aliphatic imine (C=N–C) groups is 1. The van der Waals surface area contributed by atoms with Crippen molar-refractivity contribution in [2.45, 2.75) is 108 Å². The summed E-state index contributed by atoms with van der Waals surface area (Å²) >= 11 is 0. The van der Waals surface area contributed by atoms with E-state index in [1.54, 1.807) is 0 Å². The molecule has 0 radical (unpaired) electrons. The van der Waals surface area contributed by atoms with Gasteiger partial charge in [0.1, 0.15) is 30.2 Å². The third-order valence-corrected chi connectivity index (χ3v) is 7.51. The van der Waals surface area contributed by atoms with Crippen LogP contribution in [0.3, 0.4) is 0 Å². The Morgan fingerprint density at radius 3 is 1.73 bits per heavy atom. The highest BCUT2D eigenvalue weighted by molar-refractivity contribution is 5.97. The standard InChI is InChI=1S/C30H55N11O8/c1-17(2)15-21-25(45)35-14-10-23(42)37-18(7-3-4-11-31)26(46)41-22(16-24(43)44)29(49)39-19(8-5-12-32)27(47)38-20(28(48)40-21)9-6-13-36-30(33)34/h17-22H,3-16,31-32H2,1-2H3,(H,35,45)(H,37,42)(H,38,47)(H,39,49)(H,40,48)(H,41,46)(H,43,44)(H4,33,34,36)/t18-,19-,20-,21-,22-/m0/s1. The second kappa shape index (κ2) is 22.9. The molecular formula is C30H55N11O8. The van der Waals surface area contributed by atoms with Crippen molar-refractivity contribution in [3.63, 3.8) is 0 Å². The number of nitrogens with two attached hydrogens (primary N) is 4. The minimum absolute atomic E-state index is 0.0142. The SMILES string of the molecule is CC(C)C[C@@H]1NC(=O)[C@H](CCCN=C(N)N)NC(=O)[C@H](CCCN)NC(=O)[C@H](CC(=O)O)NC(=O)[C@H](CCCCN)NC(=O)CCNC1=O. The third-order valence-electron chi connectivity index (χ3n) is 7.51. The summed E-state index contributed by atoms with van der Waals surface area (Å²) in [6.45, 7) is 4.19. The molecule has 0 aliphatic carbocycles. The van der Waals surface area contributed by atoms with Crippen molar-refractivity contribution < 1.29 is 38.7 Å². The van der Waals surface area contributed by atoms with Crippen LogP contribution in [0.15, 0.2) is 4.99 Å². The van der Waals surface area contributed by atoms with E-state index in [2.05, 4.69) is 36.9 Å². The largest absolute Gasteiger partial charge is 0.481 e. The average molecular weight is 698 g/mol. The number of aliphatic carboxylic acids is 1. The van der Waals surface area contributed by atoms with Gasteiger partial charge < -0.3 is 59.9 Å². The van der Waals surface area contributed by atoms with E-state index in [1.165, 1.54) is 0 Å². The molecule has 19 heteroatoms. The molecule has 0 spiro atoms. The van der Waals surface area contributed by atoms with Gasteiger partial charge in [-0.1, -0.05) is 13.8 Å². The average Bonchev–Trinajstić information content (AvgIpc) is 3.01. The van der Waals surface area contributed by atoms with Crippen molar-refractivity contribution in [3.05, 3.63) is 0 Å². The second-order valence-corrected chi connectivity index (χ2v) is 12.3. The van der Waals surface area contributed by atoms with E-state index in [1.807, 2.05) is 13.8 Å². The van der Waals surface area contributed by atoms with E-state index in [0.717, 1.165) is 0 Å². The number of nitrogens with zero attached hydrogens (tertiary/aromatic N) is 1. The summed E-state index contributed by atoms with van der Waals surface area (Å²) in [5.74, 6) is -6.00. The van der Waals surface area contributed by atoms with Crippen LogP contribution in [0.5, 0.6) is 0 Å². The zero-order valence-corrected chi connectivity index (χ0v) is 28.4. The Bertz CT molecular complexity index is 1160. The fraction of sp³-hybridized carbons (Fsp3) is 0.733. The zero-order valence-electron chi connectivity index (χ0n) is 28.4. The first-order chi connectivity index (χ1) is 23.2. The molecule has 1 heterocycles. The molecule has 0 bridgehead atoms. The Morgan fingerprint density at radius 1 is 0.714 bits per heavy atom. The third kappa shape index (κ3) is 17.4. The lowest BCUT2D eigenvalue weighted by Gasteiger charge is -2.27. The molecule has 1 rings (SSSR count). The Kier molecular flexibility index (Phi) is 19.9. The first-order valence-electron chi connectivity index (χ1n) is 16.6. The predicted octanol–water partition coefficient (Wildman–Crippen LogP) is -3.63. The molecule has 19 nitrogen and oxygen atoms in total. The van der Waals surface area contributed by atoms with Crippen LogP contribution < -0.4 is 54.8 Å². The van der Waals surface area contributed by atoms with Crippen LogP contribution in [0.4, 0.5) is 0 Å². The summed E-state index contributed by atoms with van der Waals surface area (Å²) in [4.78, 5) is 95.6. The molecule has 0 aromatic carbocycles. The molecule has 5 atom stereocenters. The first kappa shape index (κ1) is 42.5. The van der Waals surface area contributed by atoms with Crippen LogP contribution in [-0.2, 0) is 33.6 Å². The number of nitrogens with one attached hydrogen (secondary N) is 6. The highest BCUT2D eigenvalue weighted by Gasteiger charge is 2.33. The predicted molar refractivity (Wildman–Crippen MR) is 180 cm³/mol. The zero-order chi connectivity index (χ0) is 36.9. The molecule has 49 heavy (non-hydrogen) atoms. The van der Waals surface area contributed by atoms with Gasteiger partial charge in [0.15, 0.2) is 5.96 Å². The van der Waals surface area contributed by atoms with Crippen molar-refractivity contribution >= 4 is 47.4 Å². The molecule has 1 aliphatic rings. The Hall–Kier alpha value is -4.52. The number of hydrogen-bond acceptors (Lipinski definition) is 10. The number of unbranched alkanes of at least 4 members (excludes halogenated alkanes) is 1. The van der Waals surface area contributed by atoms with E-state index in [9.17, 15) is 38.7 Å². The summed E-state index contributed by atoms with van der Waals surface area (Å²) in [7, 11) is 0. The lowest BCUT2D eigenvalue weighted by atomic mass is 10.0. The summed E-state index contributed by atoms with van der Waals surface area (Å²) < 4.78 is 0. The van der Waals surface area contributed by atoms with E-state index in [0.29, 0.717) is 19.4 Å². The molecule has 15 N–H and O–H groups in total. The quantitative estimate of drug-likeness (QED) is 0.0449. The van der Waals surface area contributed by atoms with Crippen molar-refractivity contribution in [3.8, 4) is 0 Å². The van der Waals surface area contributed by atoms with Crippen molar-refractivity contribution in [2.24, 2.45) is 33.8 Å². The lowest BCUT2D eigenvalue weighted by molar-refractivity contribution is -0.141. The molecule has 1 fully saturated rings. The van der Waals surface area contributed by atoms with Crippen LogP contribution in [0.25, 0.3) is 0 Å². The summed E-state index contributed by atoms with van der Waals surface area (Å²) in [6.07, 6.45) is 0.876. The number of carbonyl (C=O) groups is 7. The van der Waals surface area contributed by atoms with Crippen LogP contribution >= 0.6 is 0 Å². The Morgan fingerprint density at radius 2 is 1.20 bits per heavy atom. The maximum Gasteiger partial charge on any atom is 0.305 e. The summed E-state index contributed by atoms with van der Waals surface area (Å²) in [5.41, 5.74) is 22.0. The molecule has 0 aromatic rings. The van der Waals surface area contributed by atoms with Gasteiger partial charge in [-0.15, -0.1) is 0 Å². The molecular weight excluding hydrogens is 642 g/mol. The van der Waals surface area contributed by atoms with Crippen molar-refractivity contribution in [1.82, 2.24) is 31.9 Å².